The van der Waals surface area contributed by atoms with Gasteiger partial charge in [0.25, 0.3) is 0 Å². The highest BCUT2D eigenvalue weighted by Gasteiger charge is 2.44. The number of rotatable bonds is 5. The summed E-state index contributed by atoms with van der Waals surface area (Å²) in [4.78, 5) is 16.4. The Bertz CT molecular complexity index is 989. The summed E-state index contributed by atoms with van der Waals surface area (Å²) in [6.45, 7) is 12.6. The lowest BCUT2D eigenvalue weighted by Gasteiger charge is -2.51. The third-order valence-electron chi connectivity index (χ3n) is 6.61. The van der Waals surface area contributed by atoms with Crippen molar-refractivity contribution in [2.75, 3.05) is 25.4 Å². The molecule has 1 aromatic rings. The summed E-state index contributed by atoms with van der Waals surface area (Å²) < 4.78 is 25.2. The monoisotopic (exact) mass is 460 g/mol. The number of carbonyl (C=O) groups is 1. The third-order valence-corrected chi connectivity index (χ3v) is 8.34. The predicted octanol–water partition coefficient (Wildman–Crippen LogP) is 4.10. The van der Waals surface area contributed by atoms with Gasteiger partial charge in [0.05, 0.1) is 16.7 Å². The molecule has 1 amide bonds. The molecule has 1 aromatic carbocycles. The maximum absolute atomic E-state index is 12.6. The molecule has 0 spiro atoms. The first-order chi connectivity index (χ1) is 14.8. The van der Waals surface area contributed by atoms with Gasteiger partial charge in [-0.25, -0.2) is 13.2 Å². The molecule has 3 heterocycles. The highest BCUT2D eigenvalue weighted by Crippen LogP contribution is 2.34. The van der Waals surface area contributed by atoms with Crippen LogP contribution in [-0.2, 0) is 9.84 Å². The molecule has 3 fully saturated rings. The van der Waals surface area contributed by atoms with Crippen molar-refractivity contribution in [1.29, 1.82) is 0 Å². The Kier molecular flexibility index (Phi) is 6.97. The van der Waals surface area contributed by atoms with Gasteiger partial charge < -0.3 is 10.0 Å². The molecule has 7 heteroatoms. The van der Waals surface area contributed by atoms with Crippen LogP contribution in [0.2, 0.25) is 0 Å². The Balaban J connectivity index is 1.76. The number of hydrogen-bond donors (Lipinski definition) is 1. The van der Waals surface area contributed by atoms with Gasteiger partial charge in [-0.3, -0.25) is 4.90 Å². The summed E-state index contributed by atoms with van der Waals surface area (Å²) in [5.74, 6) is 6.72. The average Bonchev–Trinajstić information content (AvgIpc) is 2.71. The topological polar surface area (TPSA) is 77.9 Å². The fraction of sp³-hybridized carbons (Fsp3) is 0.640. The first-order valence-corrected chi connectivity index (χ1v) is 13.0. The highest BCUT2D eigenvalue weighted by atomic mass is 32.2. The molecule has 3 aliphatic heterocycles. The van der Waals surface area contributed by atoms with E-state index in [1.165, 1.54) is 4.90 Å². The van der Waals surface area contributed by atoms with Gasteiger partial charge in [-0.15, -0.1) is 0 Å². The summed E-state index contributed by atoms with van der Waals surface area (Å²) in [6.07, 6.45) is 1.71. The summed E-state index contributed by atoms with van der Waals surface area (Å²) in [5, 5.41) is 9.99. The summed E-state index contributed by atoms with van der Waals surface area (Å²) in [7, 11) is -3.34. The average molecular weight is 461 g/mol. The van der Waals surface area contributed by atoms with Crippen LogP contribution in [-0.4, -0.2) is 66.4 Å². The zero-order valence-electron chi connectivity index (χ0n) is 19.9. The van der Waals surface area contributed by atoms with E-state index in [1.807, 2.05) is 34.6 Å². The van der Waals surface area contributed by atoms with Crippen LogP contribution in [0.1, 0.15) is 59.4 Å². The van der Waals surface area contributed by atoms with Crippen molar-refractivity contribution in [2.24, 2.45) is 11.3 Å². The molecule has 1 N–H and O–H groups in total. The zero-order chi connectivity index (χ0) is 23.7. The number of piperidine rings is 3. The van der Waals surface area contributed by atoms with E-state index in [4.69, 9.17) is 0 Å². The SMILES string of the molecule is CC(C)(C)CCS(=O)(=O)c1ccc(C#CC(C)(C)N(C(=O)O)C2CN3CCC2CC3)cc1. The molecule has 32 heavy (non-hydrogen) atoms. The van der Waals surface area contributed by atoms with E-state index in [1.54, 1.807) is 24.3 Å². The fourth-order valence-corrected chi connectivity index (χ4v) is 6.28. The Morgan fingerprint density at radius 3 is 2.19 bits per heavy atom. The molecule has 3 saturated heterocycles. The van der Waals surface area contributed by atoms with E-state index in [0.717, 1.165) is 32.5 Å². The lowest BCUT2D eigenvalue weighted by atomic mass is 9.81. The van der Waals surface area contributed by atoms with Crippen LogP contribution >= 0.6 is 0 Å². The number of fused-ring (bicyclic) bond motifs is 3. The summed E-state index contributed by atoms with van der Waals surface area (Å²) in [6, 6.07) is 6.54. The molecule has 0 aliphatic carbocycles. The quantitative estimate of drug-likeness (QED) is 0.670. The maximum atomic E-state index is 12.6. The van der Waals surface area contributed by atoms with E-state index >= 15 is 0 Å². The molecule has 0 saturated carbocycles. The van der Waals surface area contributed by atoms with Gasteiger partial charge in [-0.2, -0.15) is 0 Å². The zero-order valence-corrected chi connectivity index (χ0v) is 20.7. The Labute approximate surface area is 192 Å². The molecule has 2 bridgehead atoms. The molecule has 4 rings (SSSR count). The minimum atomic E-state index is -3.34. The van der Waals surface area contributed by atoms with Crippen molar-refractivity contribution in [3.8, 4) is 11.8 Å². The molecule has 6 nitrogen and oxygen atoms in total. The van der Waals surface area contributed by atoms with Crippen LogP contribution in [0, 0.1) is 23.2 Å². The van der Waals surface area contributed by atoms with Crippen LogP contribution in [0.4, 0.5) is 4.79 Å². The number of benzene rings is 1. The molecule has 1 unspecified atom stereocenters. The van der Waals surface area contributed by atoms with E-state index in [2.05, 4.69) is 16.7 Å². The van der Waals surface area contributed by atoms with Crippen LogP contribution < -0.4 is 0 Å². The van der Waals surface area contributed by atoms with Gasteiger partial charge in [-0.05, 0) is 81.8 Å². The van der Waals surface area contributed by atoms with Gasteiger partial charge in [0.2, 0.25) is 0 Å². The summed E-state index contributed by atoms with van der Waals surface area (Å²) in [5.41, 5.74) is -0.228. The van der Waals surface area contributed by atoms with Crippen molar-refractivity contribution >= 4 is 15.9 Å². The molecule has 176 valence electrons. The van der Waals surface area contributed by atoms with Crippen LogP contribution in [0.15, 0.2) is 29.2 Å². The van der Waals surface area contributed by atoms with Gasteiger partial charge >= 0.3 is 6.09 Å². The van der Waals surface area contributed by atoms with Crippen LogP contribution in [0.5, 0.6) is 0 Å². The second-order valence-corrected chi connectivity index (χ2v) is 12.9. The number of nitrogens with zero attached hydrogens (tertiary/aromatic N) is 2. The largest absolute Gasteiger partial charge is 0.465 e. The second kappa shape index (κ2) is 9.07. The van der Waals surface area contributed by atoms with Crippen molar-refractivity contribution in [3.63, 3.8) is 0 Å². The first kappa shape index (κ1) is 24.6. The molecule has 3 aliphatic rings. The Morgan fingerprint density at radius 2 is 1.72 bits per heavy atom. The van der Waals surface area contributed by atoms with Gasteiger partial charge in [-0.1, -0.05) is 32.6 Å². The van der Waals surface area contributed by atoms with E-state index < -0.39 is 21.5 Å². The third kappa shape index (κ3) is 5.85. The van der Waals surface area contributed by atoms with Gasteiger partial charge in [0.15, 0.2) is 9.84 Å². The first-order valence-electron chi connectivity index (χ1n) is 11.4. The predicted molar refractivity (Wildman–Crippen MR) is 126 cm³/mol. The van der Waals surface area contributed by atoms with E-state index in [9.17, 15) is 18.3 Å². The fourth-order valence-electron chi connectivity index (χ4n) is 4.61. The van der Waals surface area contributed by atoms with Crippen LogP contribution in [0.3, 0.4) is 0 Å². The number of sulfone groups is 1. The van der Waals surface area contributed by atoms with E-state index in [0.29, 0.717) is 22.8 Å². The highest BCUT2D eigenvalue weighted by molar-refractivity contribution is 7.91. The lowest BCUT2D eigenvalue weighted by molar-refractivity contribution is -0.0137. The number of hydrogen-bond acceptors (Lipinski definition) is 4. The lowest BCUT2D eigenvalue weighted by Crippen LogP contribution is -2.63. The van der Waals surface area contributed by atoms with E-state index in [-0.39, 0.29) is 17.2 Å². The molecule has 1 atom stereocenters. The smallest absolute Gasteiger partial charge is 0.408 e. The van der Waals surface area contributed by atoms with Crippen molar-refractivity contribution in [1.82, 2.24) is 9.80 Å². The summed E-state index contributed by atoms with van der Waals surface area (Å²) >= 11 is 0. The number of carboxylic acid groups (broad SMARTS) is 1. The molecular formula is C25H36N2O4S. The minimum absolute atomic E-state index is 0.0466. The van der Waals surface area contributed by atoms with Gasteiger partial charge in [0, 0.05) is 12.1 Å². The van der Waals surface area contributed by atoms with Gasteiger partial charge in [0.1, 0.15) is 5.54 Å². The molecule has 0 aromatic heterocycles. The molecular weight excluding hydrogens is 424 g/mol. The normalized spacial score (nSPS) is 23.3. The minimum Gasteiger partial charge on any atom is -0.465 e. The second-order valence-electron chi connectivity index (χ2n) is 10.8. The molecule has 0 radical (unpaired) electrons. The Hall–Kier alpha value is -2.04. The Morgan fingerprint density at radius 1 is 1.12 bits per heavy atom. The van der Waals surface area contributed by atoms with Crippen molar-refractivity contribution < 1.29 is 18.3 Å². The van der Waals surface area contributed by atoms with Crippen molar-refractivity contribution in [3.05, 3.63) is 29.8 Å². The van der Waals surface area contributed by atoms with Crippen molar-refractivity contribution in [2.45, 2.75) is 70.4 Å². The van der Waals surface area contributed by atoms with Crippen LogP contribution in [0.25, 0.3) is 0 Å². The number of amides is 1. The standard InChI is InChI=1S/C25H36N2O4S/c1-24(2,3)14-17-32(30,31)21-8-6-19(7-9-21)10-13-25(4,5)27(23(28)29)22-18-26-15-11-20(22)12-16-26/h6-9,20,22H,11-12,14-18H2,1-5H3,(H,28,29). The maximum Gasteiger partial charge on any atom is 0.408 e.